The van der Waals surface area contributed by atoms with Crippen molar-refractivity contribution < 1.29 is 23.5 Å². The van der Waals surface area contributed by atoms with E-state index in [2.05, 4.69) is 9.72 Å². The first-order valence-electron chi connectivity index (χ1n) is 6.72. The highest BCUT2D eigenvalue weighted by Gasteiger charge is 2.32. The molecule has 0 radical (unpaired) electrons. The van der Waals surface area contributed by atoms with E-state index in [0.717, 1.165) is 0 Å². The van der Waals surface area contributed by atoms with Crippen molar-refractivity contribution in [1.29, 1.82) is 0 Å². The minimum Gasteiger partial charge on any atom is -0.464 e. The standard InChI is InChI=1S/C14H21ClN2O5/c1-14(2,9-15)13(19)17(5-6-20-3)7-11-16-10(8-22-11)12(18)21-4/h8H,5-7,9H2,1-4H3. The Morgan fingerprint density at radius 3 is 2.64 bits per heavy atom. The van der Waals surface area contributed by atoms with Crippen LogP contribution in [0.4, 0.5) is 0 Å². The zero-order valence-corrected chi connectivity index (χ0v) is 14.0. The number of nitrogens with zero attached hydrogens (tertiary/aromatic N) is 2. The normalized spacial score (nSPS) is 11.3. The third-order valence-corrected chi connectivity index (χ3v) is 3.71. The van der Waals surface area contributed by atoms with Crippen molar-refractivity contribution >= 4 is 23.5 Å². The van der Waals surface area contributed by atoms with Gasteiger partial charge in [0.25, 0.3) is 0 Å². The van der Waals surface area contributed by atoms with Gasteiger partial charge in [0.15, 0.2) is 5.69 Å². The monoisotopic (exact) mass is 332 g/mol. The second-order valence-electron chi connectivity index (χ2n) is 5.36. The van der Waals surface area contributed by atoms with Crippen LogP contribution in [0.2, 0.25) is 0 Å². The van der Waals surface area contributed by atoms with Crippen molar-refractivity contribution in [3.8, 4) is 0 Å². The number of carbonyl (C=O) groups is 2. The first-order chi connectivity index (χ1) is 10.4. The molecule has 1 amide bonds. The molecule has 1 aromatic rings. The topological polar surface area (TPSA) is 81.9 Å². The Kier molecular flexibility index (Phi) is 6.83. The zero-order chi connectivity index (χ0) is 16.8. The average Bonchev–Trinajstić information content (AvgIpc) is 2.98. The fourth-order valence-electron chi connectivity index (χ4n) is 1.68. The summed E-state index contributed by atoms with van der Waals surface area (Å²) in [5.41, 5.74) is -0.652. The molecule has 0 aliphatic carbocycles. The van der Waals surface area contributed by atoms with Gasteiger partial charge in [0.1, 0.15) is 6.26 Å². The maximum Gasteiger partial charge on any atom is 0.360 e. The molecule has 0 spiro atoms. The summed E-state index contributed by atoms with van der Waals surface area (Å²) < 4.78 is 14.8. The van der Waals surface area contributed by atoms with E-state index in [4.69, 9.17) is 20.8 Å². The predicted molar refractivity (Wildman–Crippen MR) is 79.6 cm³/mol. The third kappa shape index (κ3) is 4.71. The predicted octanol–water partition coefficient (Wildman–Crippen LogP) is 1.70. The Bertz CT molecular complexity index is 515. The van der Waals surface area contributed by atoms with Crippen molar-refractivity contribution in [2.75, 3.05) is 33.3 Å². The van der Waals surface area contributed by atoms with Crippen LogP contribution in [0.15, 0.2) is 10.7 Å². The molecule has 0 saturated carbocycles. The number of rotatable bonds is 8. The maximum atomic E-state index is 12.5. The van der Waals surface area contributed by atoms with Crippen LogP contribution >= 0.6 is 11.6 Å². The maximum absolute atomic E-state index is 12.5. The number of alkyl halides is 1. The van der Waals surface area contributed by atoms with Gasteiger partial charge >= 0.3 is 5.97 Å². The molecule has 0 atom stereocenters. The van der Waals surface area contributed by atoms with Gasteiger partial charge in [-0.1, -0.05) is 0 Å². The zero-order valence-electron chi connectivity index (χ0n) is 13.2. The molecule has 8 heteroatoms. The number of esters is 1. The number of halogens is 1. The van der Waals surface area contributed by atoms with E-state index in [9.17, 15) is 9.59 Å². The van der Waals surface area contributed by atoms with Crippen LogP contribution in [0.5, 0.6) is 0 Å². The number of carbonyl (C=O) groups excluding carboxylic acids is 2. The summed E-state index contributed by atoms with van der Waals surface area (Å²) in [6, 6.07) is 0. The van der Waals surface area contributed by atoms with E-state index in [1.54, 1.807) is 25.9 Å². The van der Waals surface area contributed by atoms with E-state index in [-0.39, 0.29) is 29.9 Å². The fourth-order valence-corrected chi connectivity index (χ4v) is 1.80. The van der Waals surface area contributed by atoms with E-state index in [1.165, 1.54) is 13.4 Å². The Morgan fingerprint density at radius 1 is 1.41 bits per heavy atom. The molecule has 0 fully saturated rings. The summed E-state index contributed by atoms with van der Waals surface area (Å²) in [6.45, 7) is 4.38. The Morgan fingerprint density at radius 2 is 2.09 bits per heavy atom. The minimum atomic E-state index is -0.715. The molecule has 124 valence electrons. The van der Waals surface area contributed by atoms with Crippen LogP contribution in [0.1, 0.15) is 30.2 Å². The van der Waals surface area contributed by atoms with Gasteiger partial charge in [0.2, 0.25) is 11.8 Å². The molecule has 0 aliphatic rings. The highest BCUT2D eigenvalue weighted by Crippen LogP contribution is 2.22. The SMILES string of the molecule is COCCN(Cc1nc(C(=O)OC)co1)C(=O)C(C)(C)CCl. The van der Waals surface area contributed by atoms with Crippen LogP contribution in [-0.2, 0) is 20.8 Å². The van der Waals surface area contributed by atoms with Crippen molar-refractivity contribution in [2.24, 2.45) is 5.41 Å². The number of oxazole rings is 1. The van der Waals surface area contributed by atoms with Gasteiger partial charge in [-0.25, -0.2) is 9.78 Å². The van der Waals surface area contributed by atoms with Crippen LogP contribution in [0.25, 0.3) is 0 Å². The Hall–Kier alpha value is -1.60. The summed E-state index contributed by atoms with van der Waals surface area (Å²) in [6.07, 6.45) is 1.20. The highest BCUT2D eigenvalue weighted by atomic mass is 35.5. The summed E-state index contributed by atoms with van der Waals surface area (Å²) in [5, 5.41) is 0. The third-order valence-electron chi connectivity index (χ3n) is 3.04. The minimum absolute atomic E-state index is 0.0632. The lowest BCUT2D eigenvalue weighted by atomic mass is 9.94. The van der Waals surface area contributed by atoms with E-state index < -0.39 is 11.4 Å². The molecular weight excluding hydrogens is 312 g/mol. The average molecular weight is 333 g/mol. The molecule has 1 rings (SSSR count). The number of hydrogen-bond donors (Lipinski definition) is 0. The van der Waals surface area contributed by atoms with E-state index >= 15 is 0 Å². The number of aromatic nitrogens is 1. The highest BCUT2D eigenvalue weighted by molar-refractivity contribution is 6.19. The molecule has 0 unspecified atom stereocenters. The molecule has 1 heterocycles. The molecule has 0 aromatic carbocycles. The lowest BCUT2D eigenvalue weighted by Gasteiger charge is -2.29. The van der Waals surface area contributed by atoms with Gasteiger partial charge in [0, 0.05) is 19.5 Å². The molecule has 1 aromatic heterocycles. The Labute approximate surface area is 134 Å². The van der Waals surface area contributed by atoms with Crippen molar-refractivity contribution in [3.63, 3.8) is 0 Å². The van der Waals surface area contributed by atoms with E-state index in [0.29, 0.717) is 13.2 Å². The lowest BCUT2D eigenvalue weighted by molar-refractivity contribution is -0.140. The quantitative estimate of drug-likeness (QED) is 0.532. The van der Waals surface area contributed by atoms with Crippen molar-refractivity contribution in [2.45, 2.75) is 20.4 Å². The molecular formula is C14H21ClN2O5. The van der Waals surface area contributed by atoms with Gasteiger partial charge in [-0.15, -0.1) is 11.6 Å². The number of methoxy groups -OCH3 is 2. The van der Waals surface area contributed by atoms with Gasteiger partial charge in [-0.05, 0) is 13.8 Å². The van der Waals surface area contributed by atoms with Crippen LogP contribution in [0.3, 0.4) is 0 Å². The summed E-state index contributed by atoms with van der Waals surface area (Å²) in [7, 11) is 2.81. The summed E-state index contributed by atoms with van der Waals surface area (Å²) in [4.78, 5) is 29.4. The van der Waals surface area contributed by atoms with Crippen LogP contribution in [0, 0.1) is 5.41 Å². The van der Waals surface area contributed by atoms with Crippen molar-refractivity contribution in [1.82, 2.24) is 9.88 Å². The number of hydrogen-bond acceptors (Lipinski definition) is 6. The van der Waals surface area contributed by atoms with Crippen LogP contribution < -0.4 is 0 Å². The Balaban J connectivity index is 2.87. The van der Waals surface area contributed by atoms with Gasteiger partial charge in [-0.3, -0.25) is 4.79 Å². The second kappa shape index (κ2) is 8.14. The van der Waals surface area contributed by atoms with Gasteiger partial charge < -0.3 is 18.8 Å². The first kappa shape index (κ1) is 18.4. The molecule has 0 bridgehead atoms. The van der Waals surface area contributed by atoms with Crippen molar-refractivity contribution in [3.05, 3.63) is 17.8 Å². The molecule has 0 N–H and O–H groups in total. The second-order valence-corrected chi connectivity index (χ2v) is 5.62. The summed E-state index contributed by atoms with van der Waals surface area (Å²) in [5.74, 6) is -0.299. The van der Waals surface area contributed by atoms with Crippen LogP contribution in [-0.4, -0.2) is 55.0 Å². The van der Waals surface area contributed by atoms with Gasteiger partial charge in [-0.2, -0.15) is 0 Å². The van der Waals surface area contributed by atoms with E-state index in [1.807, 2.05) is 0 Å². The summed E-state index contributed by atoms with van der Waals surface area (Å²) >= 11 is 5.85. The largest absolute Gasteiger partial charge is 0.464 e. The smallest absolute Gasteiger partial charge is 0.360 e. The van der Waals surface area contributed by atoms with Gasteiger partial charge in [0.05, 0.1) is 25.7 Å². The molecule has 0 saturated heterocycles. The molecule has 22 heavy (non-hydrogen) atoms. The number of ether oxygens (including phenoxy) is 2. The molecule has 7 nitrogen and oxygen atoms in total. The lowest BCUT2D eigenvalue weighted by Crippen LogP contribution is -2.43. The fraction of sp³-hybridized carbons (Fsp3) is 0.643. The number of amides is 1. The first-order valence-corrected chi connectivity index (χ1v) is 7.26. The molecule has 0 aliphatic heterocycles.